The van der Waals surface area contributed by atoms with E-state index in [2.05, 4.69) is 5.32 Å². The van der Waals surface area contributed by atoms with Gasteiger partial charge < -0.3 is 10.4 Å². The highest BCUT2D eigenvalue weighted by Gasteiger charge is 2.17. The number of amides is 1. The molecule has 0 bridgehead atoms. The lowest BCUT2D eigenvalue weighted by Crippen LogP contribution is -2.20. The van der Waals surface area contributed by atoms with Crippen LogP contribution in [0.3, 0.4) is 0 Å². The third kappa shape index (κ3) is 4.20. The molecule has 0 heterocycles. The second-order valence-corrected chi connectivity index (χ2v) is 4.03. The van der Waals surface area contributed by atoms with E-state index in [-0.39, 0.29) is 11.5 Å². The molecule has 2 N–H and O–H groups in total. The van der Waals surface area contributed by atoms with Gasteiger partial charge in [0.2, 0.25) is 11.7 Å². The van der Waals surface area contributed by atoms with Gasteiger partial charge in [0.15, 0.2) is 6.29 Å². The SMILES string of the molecule is CC(=O)NCCC=Cc1cc(C=O)c(O)c([N+](=O)[O-])c1. The van der Waals surface area contributed by atoms with Crippen molar-refractivity contribution in [2.75, 3.05) is 6.54 Å². The predicted octanol–water partition coefficient (Wildman–Crippen LogP) is 1.65. The zero-order valence-electron chi connectivity index (χ0n) is 10.8. The zero-order valence-corrected chi connectivity index (χ0v) is 10.8. The lowest BCUT2D eigenvalue weighted by atomic mass is 10.1. The fourth-order valence-corrected chi connectivity index (χ4v) is 1.54. The Bertz CT molecular complexity index is 566. The quantitative estimate of drug-likeness (QED) is 0.356. The number of hydrogen-bond acceptors (Lipinski definition) is 5. The highest BCUT2D eigenvalue weighted by Crippen LogP contribution is 2.30. The molecule has 20 heavy (non-hydrogen) atoms. The Hall–Kier alpha value is -2.70. The normalized spacial score (nSPS) is 10.4. The van der Waals surface area contributed by atoms with Gasteiger partial charge >= 0.3 is 5.69 Å². The Balaban J connectivity index is 2.87. The van der Waals surface area contributed by atoms with Crippen LogP contribution in [0.1, 0.15) is 29.3 Å². The van der Waals surface area contributed by atoms with Crippen molar-refractivity contribution in [2.45, 2.75) is 13.3 Å². The molecule has 0 aromatic heterocycles. The standard InChI is InChI=1S/C13H14N2O5/c1-9(17)14-5-3-2-4-10-6-11(8-16)13(18)12(7-10)15(19)20/h2,4,6-8,18H,3,5H2,1H3,(H,14,17). The summed E-state index contributed by atoms with van der Waals surface area (Å²) in [6.45, 7) is 1.86. The Morgan fingerprint density at radius 2 is 2.20 bits per heavy atom. The number of nitrogens with one attached hydrogen (secondary N) is 1. The Morgan fingerprint density at radius 1 is 1.50 bits per heavy atom. The van der Waals surface area contributed by atoms with Gasteiger partial charge in [0.1, 0.15) is 0 Å². The highest BCUT2D eigenvalue weighted by atomic mass is 16.6. The van der Waals surface area contributed by atoms with Crippen LogP contribution in [0.2, 0.25) is 0 Å². The third-order valence-corrected chi connectivity index (χ3v) is 2.46. The van der Waals surface area contributed by atoms with Crippen LogP contribution in [-0.4, -0.2) is 28.8 Å². The Kier molecular flexibility index (Phi) is 5.40. The van der Waals surface area contributed by atoms with E-state index >= 15 is 0 Å². The maximum Gasteiger partial charge on any atom is 0.312 e. The van der Waals surface area contributed by atoms with Gasteiger partial charge in [-0.05, 0) is 18.1 Å². The summed E-state index contributed by atoms with van der Waals surface area (Å²) in [6, 6.07) is 2.53. The molecule has 0 aliphatic carbocycles. The molecule has 1 rings (SSSR count). The molecule has 0 spiro atoms. The van der Waals surface area contributed by atoms with Gasteiger partial charge in [-0.1, -0.05) is 12.2 Å². The summed E-state index contributed by atoms with van der Waals surface area (Å²) in [5.41, 5.74) is -0.226. The van der Waals surface area contributed by atoms with Gasteiger partial charge in [-0.25, -0.2) is 0 Å². The Labute approximate surface area is 115 Å². The first-order valence-corrected chi connectivity index (χ1v) is 5.83. The van der Waals surface area contributed by atoms with Crippen molar-refractivity contribution in [1.29, 1.82) is 0 Å². The topological polar surface area (TPSA) is 110 Å². The minimum absolute atomic E-state index is 0.137. The monoisotopic (exact) mass is 278 g/mol. The van der Waals surface area contributed by atoms with Crippen molar-refractivity contribution in [3.05, 3.63) is 39.4 Å². The molecular formula is C13H14N2O5. The molecule has 0 radical (unpaired) electrons. The first-order chi connectivity index (χ1) is 9.45. The molecule has 0 aliphatic rings. The molecule has 0 aliphatic heterocycles. The van der Waals surface area contributed by atoms with Crippen molar-refractivity contribution in [3.63, 3.8) is 0 Å². The van der Waals surface area contributed by atoms with Crippen LogP contribution in [0.4, 0.5) is 5.69 Å². The molecule has 0 saturated carbocycles. The summed E-state index contributed by atoms with van der Waals surface area (Å²) >= 11 is 0. The number of phenols is 1. The zero-order chi connectivity index (χ0) is 15.1. The summed E-state index contributed by atoms with van der Waals surface area (Å²) in [7, 11) is 0. The van der Waals surface area contributed by atoms with Crippen molar-refractivity contribution >= 4 is 24.0 Å². The molecule has 0 atom stereocenters. The van der Waals surface area contributed by atoms with E-state index in [0.29, 0.717) is 24.8 Å². The van der Waals surface area contributed by atoms with Crippen LogP contribution in [0, 0.1) is 10.1 Å². The average molecular weight is 278 g/mol. The largest absolute Gasteiger partial charge is 0.502 e. The maximum absolute atomic E-state index is 10.8. The van der Waals surface area contributed by atoms with Crippen molar-refractivity contribution in [3.8, 4) is 5.75 Å². The van der Waals surface area contributed by atoms with E-state index in [1.165, 1.54) is 19.1 Å². The van der Waals surface area contributed by atoms with Gasteiger partial charge in [0.25, 0.3) is 0 Å². The van der Waals surface area contributed by atoms with Gasteiger partial charge in [-0.3, -0.25) is 19.7 Å². The highest BCUT2D eigenvalue weighted by molar-refractivity contribution is 5.83. The van der Waals surface area contributed by atoms with Crippen LogP contribution in [0.25, 0.3) is 6.08 Å². The number of nitrogens with zero attached hydrogens (tertiary/aromatic N) is 1. The van der Waals surface area contributed by atoms with E-state index < -0.39 is 16.4 Å². The van der Waals surface area contributed by atoms with Crippen LogP contribution < -0.4 is 5.32 Å². The van der Waals surface area contributed by atoms with Crippen molar-refractivity contribution < 1.29 is 19.6 Å². The summed E-state index contributed by atoms with van der Waals surface area (Å²) in [6.07, 6.45) is 4.20. The van der Waals surface area contributed by atoms with Crippen LogP contribution >= 0.6 is 0 Å². The van der Waals surface area contributed by atoms with Gasteiger partial charge in [-0.2, -0.15) is 0 Å². The fourth-order valence-electron chi connectivity index (χ4n) is 1.54. The van der Waals surface area contributed by atoms with Gasteiger partial charge in [0, 0.05) is 19.5 Å². The lowest BCUT2D eigenvalue weighted by Gasteiger charge is -2.02. The van der Waals surface area contributed by atoms with Gasteiger partial charge in [0.05, 0.1) is 10.5 Å². The minimum Gasteiger partial charge on any atom is -0.502 e. The van der Waals surface area contributed by atoms with Crippen molar-refractivity contribution in [2.24, 2.45) is 0 Å². The van der Waals surface area contributed by atoms with E-state index in [4.69, 9.17) is 0 Å². The van der Waals surface area contributed by atoms with E-state index in [1.54, 1.807) is 12.2 Å². The first kappa shape index (κ1) is 15.4. The van der Waals surface area contributed by atoms with Crippen LogP contribution in [0.15, 0.2) is 18.2 Å². The number of nitro benzene ring substituents is 1. The average Bonchev–Trinajstić information content (AvgIpc) is 2.39. The number of carbonyl (C=O) groups is 2. The molecule has 1 aromatic rings. The smallest absolute Gasteiger partial charge is 0.312 e. The first-order valence-electron chi connectivity index (χ1n) is 5.83. The molecule has 0 saturated heterocycles. The van der Waals surface area contributed by atoms with E-state index in [0.717, 1.165) is 0 Å². The van der Waals surface area contributed by atoms with E-state index in [9.17, 15) is 24.8 Å². The minimum atomic E-state index is -0.753. The fraction of sp³-hybridized carbons (Fsp3) is 0.231. The number of nitro groups is 1. The second kappa shape index (κ2) is 7.03. The van der Waals surface area contributed by atoms with Crippen LogP contribution in [0.5, 0.6) is 5.75 Å². The molecule has 106 valence electrons. The second-order valence-electron chi connectivity index (χ2n) is 4.03. The molecule has 7 heteroatoms. The number of hydrogen-bond donors (Lipinski definition) is 2. The summed E-state index contributed by atoms with van der Waals surface area (Å²) in [5, 5.41) is 22.9. The lowest BCUT2D eigenvalue weighted by molar-refractivity contribution is -0.385. The number of aldehydes is 1. The molecule has 7 nitrogen and oxygen atoms in total. The van der Waals surface area contributed by atoms with E-state index in [1.807, 2.05) is 0 Å². The van der Waals surface area contributed by atoms with Crippen LogP contribution in [-0.2, 0) is 4.79 Å². The van der Waals surface area contributed by atoms with Gasteiger partial charge in [-0.15, -0.1) is 0 Å². The molecular weight excluding hydrogens is 264 g/mol. The third-order valence-electron chi connectivity index (χ3n) is 2.46. The molecule has 1 amide bonds. The Morgan fingerprint density at radius 3 is 2.75 bits per heavy atom. The maximum atomic E-state index is 10.8. The molecule has 0 unspecified atom stereocenters. The number of carbonyl (C=O) groups excluding carboxylic acids is 2. The summed E-state index contributed by atoms with van der Waals surface area (Å²) < 4.78 is 0. The number of phenolic OH excluding ortho intramolecular Hbond substituents is 1. The molecule has 1 aromatic carbocycles. The summed E-state index contributed by atoms with van der Waals surface area (Å²) in [4.78, 5) is 31.4. The number of rotatable bonds is 6. The van der Waals surface area contributed by atoms with Crippen molar-refractivity contribution in [1.82, 2.24) is 5.32 Å². The number of benzene rings is 1. The predicted molar refractivity (Wildman–Crippen MR) is 72.5 cm³/mol. The molecule has 0 fully saturated rings. The summed E-state index contributed by atoms with van der Waals surface area (Å²) in [5.74, 6) is -0.776. The number of aromatic hydroxyl groups is 1.